The smallest absolute Gasteiger partial charge is 0.317 e. The molecule has 23 heavy (non-hydrogen) atoms. The number of carboxylic acid groups (broad SMARTS) is 2. The number of carboxylic acids is 2. The van der Waals surface area contributed by atoms with Crippen LogP contribution in [0.3, 0.4) is 0 Å². The van der Waals surface area contributed by atoms with E-state index in [-0.39, 0.29) is 18.4 Å². The first-order valence-electron chi connectivity index (χ1n) is 7.36. The summed E-state index contributed by atoms with van der Waals surface area (Å²) >= 11 is 0. The molecule has 9 heteroatoms. The highest BCUT2D eigenvalue weighted by atomic mass is 16.4. The highest BCUT2D eigenvalue weighted by Crippen LogP contribution is 2.01. The van der Waals surface area contributed by atoms with Gasteiger partial charge in [-0.2, -0.15) is 0 Å². The van der Waals surface area contributed by atoms with Gasteiger partial charge in [-0.15, -0.1) is 0 Å². The summed E-state index contributed by atoms with van der Waals surface area (Å²) in [4.78, 5) is 45.2. The fourth-order valence-electron chi connectivity index (χ4n) is 2.06. The number of carbonyl (C=O) groups excluding carboxylic acids is 2. The number of amides is 1. The summed E-state index contributed by atoms with van der Waals surface area (Å²) in [6.45, 7) is 0.596. The minimum Gasteiger partial charge on any atom is -0.480 e. The average Bonchev–Trinajstić information content (AvgIpc) is 2.40. The molecule has 132 valence electrons. The Bertz CT molecular complexity index is 411. The van der Waals surface area contributed by atoms with Gasteiger partial charge in [0.15, 0.2) is 0 Å². The Hall–Kier alpha value is -2.00. The second kappa shape index (κ2) is 11.6. The van der Waals surface area contributed by atoms with E-state index in [4.69, 9.17) is 10.2 Å². The Labute approximate surface area is 135 Å². The first kappa shape index (κ1) is 21.0. The van der Waals surface area contributed by atoms with Crippen LogP contribution in [0.25, 0.3) is 0 Å². The average molecular weight is 331 g/mol. The maximum Gasteiger partial charge on any atom is 0.317 e. The third-order valence-electron chi connectivity index (χ3n) is 3.17. The Kier molecular flexibility index (Phi) is 10.5. The second-order valence-corrected chi connectivity index (χ2v) is 5.23. The molecule has 0 aromatic rings. The summed E-state index contributed by atoms with van der Waals surface area (Å²) in [5, 5.41) is 22.9. The molecule has 4 N–H and O–H groups in total. The quantitative estimate of drug-likeness (QED) is 0.313. The van der Waals surface area contributed by atoms with Crippen LogP contribution in [0.5, 0.6) is 0 Å². The Morgan fingerprint density at radius 2 is 1.57 bits per heavy atom. The van der Waals surface area contributed by atoms with Crippen LogP contribution in [0.4, 0.5) is 0 Å². The van der Waals surface area contributed by atoms with E-state index < -0.39 is 30.9 Å². The van der Waals surface area contributed by atoms with E-state index in [1.807, 2.05) is 0 Å². The maximum absolute atomic E-state index is 11.7. The highest BCUT2D eigenvalue weighted by molar-refractivity contribution is 5.81. The molecule has 0 aromatic heterocycles. The lowest BCUT2D eigenvalue weighted by atomic mass is 10.1. The van der Waals surface area contributed by atoms with Crippen LogP contribution in [-0.2, 0) is 19.2 Å². The predicted molar refractivity (Wildman–Crippen MR) is 82.1 cm³/mol. The van der Waals surface area contributed by atoms with Gasteiger partial charge in [-0.3, -0.25) is 24.1 Å². The molecule has 0 bridgehead atoms. The van der Waals surface area contributed by atoms with Gasteiger partial charge in [0.1, 0.15) is 5.78 Å². The van der Waals surface area contributed by atoms with E-state index in [9.17, 15) is 19.2 Å². The predicted octanol–water partition coefficient (Wildman–Crippen LogP) is -1.08. The van der Waals surface area contributed by atoms with E-state index in [1.165, 1.54) is 6.92 Å². The van der Waals surface area contributed by atoms with Crippen molar-refractivity contribution in [3.8, 4) is 0 Å². The van der Waals surface area contributed by atoms with Crippen LogP contribution in [0.2, 0.25) is 0 Å². The van der Waals surface area contributed by atoms with Crippen LogP contribution in [0.15, 0.2) is 0 Å². The van der Waals surface area contributed by atoms with Gasteiger partial charge in [0, 0.05) is 6.54 Å². The summed E-state index contributed by atoms with van der Waals surface area (Å²) < 4.78 is 0. The van der Waals surface area contributed by atoms with Crippen molar-refractivity contribution >= 4 is 23.6 Å². The van der Waals surface area contributed by atoms with Gasteiger partial charge >= 0.3 is 11.9 Å². The summed E-state index contributed by atoms with van der Waals surface area (Å²) in [5.74, 6) is -2.75. The van der Waals surface area contributed by atoms with Gasteiger partial charge in [0.05, 0.1) is 25.7 Å². The molecule has 0 rings (SSSR count). The molecule has 0 heterocycles. The molecule has 0 radical (unpaired) electrons. The number of nitrogens with one attached hydrogen (secondary N) is 2. The summed E-state index contributed by atoms with van der Waals surface area (Å²) in [6, 6.07) is -0.188. The van der Waals surface area contributed by atoms with Gasteiger partial charge < -0.3 is 20.8 Å². The number of aliphatic carboxylic acids is 2. The van der Waals surface area contributed by atoms with E-state index in [2.05, 4.69) is 10.6 Å². The summed E-state index contributed by atoms with van der Waals surface area (Å²) in [5.41, 5.74) is 0. The molecule has 0 aromatic carbocycles. The SMILES string of the molecule is CNC(CCCCNC(=O)CN(CC(=O)O)CC(=O)O)C(C)=O. The van der Waals surface area contributed by atoms with Crippen molar-refractivity contribution in [1.29, 1.82) is 0 Å². The molecule has 1 amide bonds. The standard InChI is InChI=1S/C14H25N3O6/c1-10(18)11(15-2)5-3-4-6-16-12(19)7-17(8-13(20)21)9-14(22)23/h11,15H,3-9H2,1-2H3,(H,16,19)(H,20,21)(H,22,23). The van der Waals surface area contributed by atoms with Crippen LogP contribution in [-0.4, -0.2) is 78.0 Å². The number of ketones is 1. The Morgan fingerprint density at radius 3 is 2.00 bits per heavy atom. The fraction of sp³-hybridized carbons (Fsp3) is 0.714. The van der Waals surface area contributed by atoms with Crippen molar-refractivity contribution in [3.05, 3.63) is 0 Å². The third kappa shape index (κ3) is 11.2. The lowest BCUT2D eigenvalue weighted by molar-refractivity contribution is -0.142. The molecule has 0 spiro atoms. The molecule has 9 nitrogen and oxygen atoms in total. The molecule has 0 aliphatic heterocycles. The zero-order valence-electron chi connectivity index (χ0n) is 13.5. The number of carbonyl (C=O) groups is 4. The fourth-order valence-corrected chi connectivity index (χ4v) is 2.06. The van der Waals surface area contributed by atoms with Crippen LogP contribution < -0.4 is 10.6 Å². The molecular formula is C14H25N3O6. The van der Waals surface area contributed by atoms with Gasteiger partial charge in [0.2, 0.25) is 5.91 Å². The molecule has 0 aliphatic carbocycles. The lowest BCUT2D eigenvalue weighted by Crippen LogP contribution is -2.42. The summed E-state index contributed by atoms with van der Waals surface area (Å²) in [6.07, 6.45) is 2.10. The molecule has 0 saturated heterocycles. The van der Waals surface area contributed by atoms with Crippen molar-refractivity contribution < 1.29 is 29.4 Å². The van der Waals surface area contributed by atoms with Gasteiger partial charge in [-0.25, -0.2) is 0 Å². The number of hydrogen-bond acceptors (Lipinski definition) is 6. The molecule has 0 aliphatic rings. The normalized spacial score (nSPS) is 12.0. The van der Waals surface area contributed by atoms with Crippen LogP contribution in [0, 0.1) is 0 Å². The Balaban J connectivity index is 4.01. The number of unbranched alkanes of at least 4 members (excludes halogenated alkanes) is 1. The zero-order valence-corrected chi connectivity index (χ0v) is 13.5. The number of nitrogens with zero attached hydrogens (tertiary/aromatic N) is 1. The monoisotopic (exact) mass is 331 g/mol. The largest absolute Gasteiger partial charge is 0.480 e. The Morgan fingerprint density at radius 1 is 1.00 bits per heavy atom. The zero-order chi connectivity index (χ0) is 17.8. The number of likely N-dealkylation sites (N-methyl/N-ethyl adjacent to an activating group) is 1. The molecule has 0 saturated carbocycles. The van der Waals surface area contributed by atoms with Crippen molar-refractivity contribution in [3.63, 3.8) is 0 Å². The molecule has 1 unspecified atom stereocenters. The molecular weight excluding hydrogens is 306 g/mol. The highest BCUT2D eigenvalue weighted by Gasteiger charge is 2.16. The summed E-state index contributed by atoms with van der Waals surface area (Å²) in [7, 11) is 1.72. The van der Waals surface area contributed by atoms with E-state index in [0.29, 0.717) is 19.4 Å². The second-order valence-electron chi connectivity index (χ2n) is 5.23. The van der Waals surface area contributed by atoms with Crippen LogP contribution >= 0.6 is 0 Å². The number of hydrogen-bond donors (Lipinski definition) is 4. The van der Waals surface area contributed by atoms with E-state index >= 15 is 0 Å². The molecule has 0 fully saturated rings. The molecule has 1 atom stereocenters. The lowest BCUT2D eigenvalue weighted by Gasteiger charge is -2.17. The van der Waals surface area contributed by atoms with Crippen molar-refractivity contribution in [2.75, 3.05) is 33.2 Å². The van der Waals surface area contributed by atoms with Gasteiger partial charge in [-0.05, 0) is 33.2 Å². The number of Topliss-reactive ketones (excluding diaryl/α,β-unsaturated/α-hetero) is 1. The van der Waals surface area contributed by atoms with Gasteiger partial charge in [0.25, 0.3) is 0 Å². The van der Waals surface area contributed by atoms with Crippen LogP contribution in [0.1, 0.15) is 26.2 Å². The minimum absolute atomic E-state index is 0.0644. The number of rotatable bonds is 13. The first-order chi connectivity index (χ1) is 10.8. The topological polar surface area (TPSA) is 136 Å². The van der Waals surface area contributed by atoms with Gasteiger partial charge in [-0.1, -0.05) is 0 Å². The minimum atomic E-state index is -1.19. The van der Waals surface area contributed by atoms with Crippen molar-refractivity contribution in [2.45, 2.75) is 32.2 Å². The third-order valence-corrected chi connectivity index (χ3v) is 3.17. The van der Waals surface area contributed by atoms with Crippen molar-refractivity contribution in [1.82, 2.24) is 15.5 Å². The maximum atomic E-state index is 11.7. The first-order valence-corrected chi connectivity index (χ1v) is 7.36. The van der Waals surface area contributed by atoms with E-state index in [0.717, 1.165) is 11.3 Å². The van der Waals surface area contributed by atoms with Crippen molar-refractivity contribution in [2.24, 2.45) is 0 Å². The van der Waals surface area contributed by atoms with E-state index in [1.54, 1.807) is 7.05 Å².